The van der Waals surface area contributed by atoms with Gasteiger partial charge in [-0.3, -0.25) is 4.79 Å². The predicted octanol–water partition coefficient (Wildman–Crippen LogP) is 2.98. The van der Waals surface area contributed by atoms with Crippen LogP contribution in [0.4, 0.5) is 5.69 Å². The zero-order valence-electron chi connectivity index (χ0n) is 12.4. The van der Waals surface area contributed by atoms with Gasteiger partial charge >= 0.3 is 0 Å². The number of rotatable bonds is 6. The molecule has 2 rings (SSSR count). The van der Waals surface area contributed by atoms with Gasteiger partial charge in [-0.2, -0.15) is 0 Å². The highest BCUT2D eigenvalue weighted by molar-refractivity contribution is 6.30. The molecule has 0 radical (unpaired) electrons. The Morgan fingerprint density at radius 2 is 2.05 bits per heavy atom. The third-order valence-electron chi connectivity index (χ3n) is 3.31. The Kier molecular flexibility index (Phi) is 5.81. The number of amides is 1. The molecule has 0 fully saturated rings. The molecule has 0 saturated heterocycles. The van der Waals surface area contributed by atoms with Gasteiger partial charge in [0.15, 0.2) is 0 Å². The standard InChI is InChI=1S/C17H19ClN2O2/c1-12-9-15(18)6-5-14(12)11-20-16-4-2-3-13(10-16)17(22)19-7-8-21/h2-6,9-10,20-21H,7-8,11H2,1H3,(H,19,22). The molecule has 4 nitrogen and oxygen atoms in total. The number of anilines is 1. The quantitative estimate of drug-likeness (QED) is 0.767. The van der Waals surface area contributed by atoms with Crippen molar-refractivity contribution >= 4 is 23.2 Å². The molecule has 0 aliphatic heterocycles. The molecule has 22 heavy (non-hydrogen) atoms. The van der Waals surface area contributed by atoms with Gasteiger partial charge < -0.3 is 15.7 Å². The second kappa shape index (κ2) is 7.82. The highest BCUT2D eigenvalue weighted by Gasteiger charge is 2.05. The lowest BCUT2D eigenvalue weighted by Gasteiger charge is -2.11. The lowest BCUT2D eigenvalue weighted by molar-refractivity contribution is 0.0945. The van der Waals surface area contributed by atoms with E-state index in [1.807, 2.05) is 37.3 Å². The van der Waals surface area contributed by atoms with Crippen LogP contribution in [0.1, 0.15) is 21.5 Å². The molecule has 0 atom stereocenters. The number of carbonyl (C=O) groups excluding carboxylic acids is 1. The van der Waals surface area contributed by atoms with E-state index in [0.29, 0.717) is 12.1 Å². The molecule has 0 saturated carbocycles. The SMILES string of the molecule is Cc1cc(Cl)ccc1CNc1cccc(C(=O)NCCO)c1. The smallest absolute Gasteiger partial charge is 0.251 e. The minimum absolute atomic E-state index is 0.0699. The summed E-state index contributed by atoms with van der Waals surface area (Å²) in [6.45, 7) is 2.85. The van der Waals surface area contributed by atoms with Crippen molar-refractivity contribution in [1.82, 2.24) is 5.32 Å². The normalized spacial score (nSPS) is 10.3. The van der Waals surface area contributed by atoms with Crippen LogP contribution in [-0.4, -0.2) is 24.2 Å². The van der Waals surface area contributed by atoms with E-state index < -0.39 is 0 Å². The Morgan fingerprint density at radius 3 is 2.77 bits per heavy atom. The van der Waals surface area contributed by atoms with E-state index in [-0.39, 0.29) is 19.1 Å². The fourth-order valence-corrected chi connectivity index (χ4v) is 2.32. The van der Waals surface area contributed by atoms with Crippen LogP contribution in [0, 0.1) is 6.92 Å². The third-order valence-corrected chi connectivity index (χ3v) is 3.54. The van der Waals surface area contributed by atoms with Crippen LogP contribution in [0.5, 0.6) is 0 Å². The largest absolute Gasteiger partial charge is 0.395 e. The first-order valence-electron chi connectivity index (χ1n) is 7.08. The van der Waals surface area contributed by atoms with Crippen molar-refractivity contribution in [3.8, 4) is 0 Å². The maximum atomic E-state index is 11.9. The van der Waals surface area contributed by atoms with Crippen molar-refractivity contribution in [3.05, 3.63) is 64.2 Å². The van der Waals surface area contributed by atoms with Crippen molar-refractivity contribution in [2.75, 3.05) is 18.5 Å². The topological polar surface area (TPSA) is 61.4 Å². The second-order valence-electron chi connectivity index (χ2n) is 4.98. The Balaban J connectivity index is 2.02. The summed E-state index contributed by atoms with van der Waals surface area (Å²) in [6, 6.07) is 13.0. The van der Waals surface area contributed by atoms with Crippen LogP contribution in [0.2, 0.25) is 5.02 Å². The monoisotopic (exact) mass is 318 g/mol. The molecule has 2 aromatic carbocycles. The molecule has 0 aliphatic rings. The summed E-state index contributed by atoms with van der Waals surface area (Å²) in [5.41, 5.74) is 3.70. The van der Waals surface area contributed by atoms with E-state index in [0.717, 1.165) is 21.8 Å². The van der Waals surface area contributed by atoms with Gasteiger partial charge in [-0.05, 0) is 48.4 Å². The minimum atomic E-state index is -0.194. The predicted molar refractivity (Wildman–Crippen MR) is 89.4 cm³/mol. The van der Waals surface area contributed by atoms with Gasteiger partial charge in [0.25, 0.3) is 5.91 Å². The van der Waals surface area contributed by atoms with Gasteiger partial charge in [0.1, 0.15) is 0 Å². The maximum Gasteiger partial charge on any atom is 0.251 e. The first-order valence-corrected chi connectivity index (χ1v) is 7.46. The van der Waals surface area contributed by atoms with Crippen molar-refractivity contribution in [3.63, 3.8) is 0 Å². The van der Waals surface area contributed by atoms with E-state index in [4.69, 9.17) is 16.7 Å². The van der Waals surface area contributed by atoms with Crippen molar-refractivity contribution in [2.45, 2.75) is 13.5 Å². The molecule has 5 heteroatoms. The van der Waals surface area contributed by atoms with Gasteiger partial charge in [-0.25, -0.2) is 0 Å². The summed E-state index contributed by atoms with van der Waals surface area (Å²) < 4.78 is 0. The molecule has 0 bridgehead atoms. The molecule has 0 aromatic heterocycles. The number of aliphatic hydroxyl groups is 1. The van der Waals surface area contributed by atoms with E-state index in [2.05, 4.69) is 10.6 Å². The van der Waals surface area contributed by atoms with E-state index in [1.165, 1.54) is 0 Å². The average Bonchev–Trinajstić information content (AvgIpc) is 2.52. The van der Waals surface area contributed by atoms with Gasteiger partial charge in [0.05, 0.1) is 6.61 Å². The molecule has 3 N–H and O–H groups in total. The van der Waals surface area contributed by atoms with Crippen molar-refractivity contribution in [2.24, 2.45) is 0 Å². The number of benzene rings is 2. The minimum Gasteiger partial charge on any atom is -0.395 e. The summed E-state index contributed by atoms with van der Waals surface area (Å²) in [5, 5.41) is 15.4. The Bertz CT molecular complexity index is 659. The van der Waals surface area contributed by atoms with Gasteiger partial charge in [0.2, 0.25) is 0 Å². The molecule has 0 unspecified atom stereocenters. The number of hydrogen-bond acceptors (Lipinski definition) is 3. The molecule has 1 amide bonds. The summed E-state index contributed by atoms with van der Waals surface area (Å²) in [5.74, 6) is -0.194. The molecular weight excluding hydrogens is 300 g/mol. The van der Waals surface area contributed by atoms with Crippen LogP contribution < -0.4 is 10.6 Å². The van der Waals surface area contributed by atoms with Gasteiger partial charge in [-0.15, -0.1) is 0 Å². The zero-order chi connectivity index (χ0) is 15.9. The van der Waals surface area contributed by atoms with Crippen LogP contribution >= 0.6 is 11.6 Å². The number of halogens is 1. The van der Waals surface area contributed by atoms with Crippen LogP contribution in [-0.2, 0) is 6.54 Å². The highest BCUT2D eigenvalue weighted by Crippen LogP contribution is 2.17. The van der Waals surface area contributed by atoms with Crippen LogP contribution in [0.15, 0.2) is 42.5 Å². The average molecular weight is 319 g/mol. The lowest BCUT2D eigenvalue weighted by atomic mass is 10.1. The lowest BCUT2D eigenvalue weighted by Crippen LogP contribution is -2.26. The number of aryl methyl sites for hydroxylation is 1. The number of aliphatic hydroxyl groups excluding tert-OH is 1. The number of hydrogen-bond donors (Lipinski definition) is 3. The van der Waals surface area contributed by atoms with Gasteiger partial charge in [-0.1, -0.05) is 23.7 Å². The molecule has 0 spiro atoms. The highest BCUT2D eigenvalue weighted by atomic mass is 35.5. The van der Waals surface area contributed by atoms with E-state index in [9.17, 15) is 4.79 Å². The molecular formula is C17H19ClN2O2. The number of carbonyl (C=O) groups is 1. The van der Waals surface area contributed by atoms with Crippen molar-refractivity contribution < 1.29 is 9.90 Å². The molecule has 2 aromatic rings. The zero-order valence-corrected chi connectivity index (χ0v) is 13.2. The Labute approximate surface area is 135 Å². The van der Waals surface area contributed by atoms with Crippen LogP contribution in [0.25, 0.3) is 0 Å². The van der Waals surface area contributed by atoms with Gasteiger partial charge in [0, 0.05) is 29.4 Å². The molecule has 0 aliphatic carbocycles. The van der Waals surface area contributed by atoms with E-state index >= 15 is 0 Å². The molecule has 0 heterocycles. The number of nitrogens with one attached hydrogen (secondary N) is 2. The second-order valence-corrected chi connectivity index (χ2v) is 5.42. The van der Waals surface area contributed by atoms with E-state index in [1.54, 1.807) is 12.1 Å². The first-order chi connectivity index (χ1) is 10.6. The summed E-state index contributed by atoms with van der Waals surface area (Å²) >= 11 is 5.95. The fraction of sp³-hybridized carbons (Fsp3) is 0.235. The summed E-state index contributed by atoms with van der Waals surface area (Å²) in [7, 11) is 0. The molecule has 116 valence electrons. The van der Waals surface area contributed by atoms with Crippen molar-refractivity contribution in [1.29, 1.82) is 0 Å². The Morgan fingerprint density at radius 1 is 1.23 bits per heavy atom. The summed E-state index contributed by atoms with van der Waals surface area (Å²) in [6.07, 6.45) is 0. The van der Waals surface area contributed by atoms with Crippen LogP contribution in [0.3, 0.4) is 0 Å². The fourth-order valence-electron chi connectivity index (χ4n) is 2.10. The maximum absolute atomic E-state index is 11.9. The summed E-state index contributed by atoms with van der Waals surface area (Å²) in [4.78, 5) is 11.9. The first kappa shape index (κ1) is 16.3. The Hall–Kier alpha value is -2.04. The third kappa shape index (κ3) is 4.48.